The highest BCUT2D eigenvalue weighted by Gasteiger charge is 2.42. The van der Waals surface area contributed by atoms with Gasteiger partial charge in [-0.25, -0.2) is 0 Å². The third-order valence-corrected chi connectivity index (χ3v) is 5.09. The maximum absolute atomic E-state index is 12.6. The molecular weight excluding hydrogens is 250 g/mol. The third-order valence-electron chi connectivity index (χ3n) is 5.09. The number of hydrogen-bond acceptors (Lipinski definition) is 3. The zero-order valence-corrected chi connectivity index (χ0v) is 13.9. The van der Waals surface area contributed by atoms with E-state index in [0.717, 1.165) is 45.6 Å². The van der Waals surface area contributed by atoms with E-state index in [1.54, 1.807) is 0 Å². The number of nitrogens with zero attached hydrogens (tertiary/aromatic N) is 3. The van der Waals surface area contributed by atoms with Gasteiger partial charge < -0.3 is 9.80 Å². The Morgan fingerprint density at radius 2 is 1.85 bits per heavy atom. The topological polar surface area (TPSA) is 26.8 Å². The first-order valence-corrected chi connectivity index (χ1v) is 8.13. The molecule has 0 saturated carbocycles. The van der Waals surface area contributed by atoms with Gasteiger partial charge in [0.05, 0.1) is 0 Å². The smallest absolute Gasteiger partial charge is 0.225 e. The monoisotopic (exact) mass is 281 g/mol. The van der Waals surface area contributed by atoms with Gasteiger partial charge in [0, 0.05) is 50.2 Å². The van der Waals surface area contributed by atoms with Crippen molar-refractivity contribution >= 4 is 5.91 Å². The van der Waals surface area contributed by atoms with Crippen LogP contribution in [0.25, 0.3) is 0 Å². The van der Waals surface area contributed by atoms with E-state index in [1.165, 1.54) is 0 Å². The summed E-state index contributed by atoms with van der Waals surface area (Å²) in [7, 11) is 2.20. The van der Waals surface area contributed by atoms with Crippen molar-refractivity contribution in [2.45, 2.75) is 52.1 Å². The summed E-state index contributed by atoms with van der Waals surface area (Å²) >= 11 is 0. The van der Waals surface area contributed by atoms with E-state index in [4.69, 9.17) is 0 Å². The molecule has 2 saturated heterocycles. The average Bonchev–Trinajstić information content (AvgIpc) is 2.38. The lowest BCUT2D eigenvalue weighted by Crippen LogP contribution is -2.69. The van der Waals surface area contributed by atoms with Crippen LogP contribution in [0, 0.1) is 5.92 Å². The number of piperazine rings is 2. The molecule has 2 heterocycles. The molecule has 0 unspecified atom stereocenters. The fourth-order valence-electron chi connectivity index (χ4n) is 4.08. The molecule has 2 aliphatic heterocycles. The zero-order chi connectivity index (χ0) is 14.9. The Balaban J connectivity index is 2.05. The first kappa shape index (κ1) is 15.8. The minimum Gasteiger partial charge on any atom is -0.340 e. The van der Waals surface area contributed by atoms with Crippen LogP contribution in [0.2, 0.25) is 0 Å². The molecule has 20 heavy (non-hydrogen) atoms. The van der Waals surface area contributed by atoms with Gasteiger partial charge in [0.15, 0.2) is 0 Å². The molecule has 0 bridgehead atoms. The first-order valence-electron chi connectivity index (χ1n) is 8.13. The van der Waals surface area contributed by atoms with Crippen LogP contribution in [-0.4, -0.2) is 72.0 Å². The Hall–Kier alpha value is -0.610. The number of likely N-dealkylation sites (N-methyl/N-ethyl adjacent to an activating group) is 1. The van der Waals surface area contributed by atoms with Gasteiger partial charge >= 0.3 is 0 Å². The van der Waals surface area contributed by atoms with Gasteiger partial charge in [-0.05, 0) is 33.7 Å². The third kappa shape index (κ3) is 3.01. The van der Waals surface area contributed by atoms with E-state index in [9.17, 15) is 4.79 Å². The normalized spacial score (nSPS) is 27.7. The first-order chi connectivity index (χ1) is 9.39. The molecule has 0 aliphatic carbocycles. The van der Waals surface area contributed by atoms with Gasteiger partial charge in [0.2, 0.25) is 5.91 Å². The second kappa shape index (κ2) is 6.02. The van der Waals surface area contributed by atoms with Gasteiger partial charge in [-0.15, -0.1) is 0 Å². The summed E-state index contributed by atoms with van der Waals surface area (Å²) in [4.78, 5) is 19.7. The largest absolute Gasteiger partial charge is 0.340 e. The zero-order valence-electron chi connectivity index (χ0n) is 13.9. The predicted octanol–water partition coefficient (Wildman–Crippen LogP) is 1.66. The number of carbonyl (C=O) groups excluding carboxylic acids is 1. The molecule has 0 spiro atoms. The molecule has 0 aromatic heterocycles. The highest BCUT2D eigenvalue weighted by atomic mass is 16.2. The number of rotatable bonds is 3. The number of fused-ring (bicyclic) bond motifs is 1. The van der Waals surface area contributed by atoms with E-state index in [1.807, 2.05) is 0 Å². The number of hydrogen-bond donors (Lipinski definition) is 0. The van der Waals surface area contributed by atoms with Crippen molar-refractivity contribution in [3.05, 3.63) is 0 Å². The second-order valence-electron chi connectivity index (χ2n) is 7.15. The van der Waals surface area contributed by atoms with Crippen LogP contribution < -0.4 is 0 Å². The van der Waals surface area contributed by atoms with Gasteiger partial charge in [0.1, 0.15) is 0 Å². The van der Waals surface area contributed by atoms with Crippen LogP contribution in [0.3, 0.4) is 0 Å². The van der Waals surface area contributed by atoms with Crippen LogP contribution >= 0.6 is 0 Å². The summed E-state index contributed by atoms with van der Waals surface area (Å²) in [6.07, 6.45) is 1.93. The summed E-state index contributed by atoms with van der Waals surface area (Å²) in [5.41, 5.74) is 0.224. The summed E-state index contributed by atoms with van der Waals surface area (Å²) in [5.74, 6) is 0.594. The predicted molar refractivity (Wildman–Crippen MR) is 82.7 cm³/mol. The van der Waals surface area contributed by atoms with E-state index < -0.39 is 0 Å². The van der Waals surface area contributed by atoms with Crippen molar-refractivity contribution < 1.29 is 4.79 Å². The van der Waals surface area contributed by atoms with Crippen LogP contribution in [0.5, 0.6) is 0 Å². The standard InChI is InChI=1S/C16H31N3O/c1-6-13(7-2)15(20)18-8-9-19-14(11-18)10-17(5)12-16(19,3)4/h13-14H,6-12H2,1-5H3/t14-/m1/s1. The Kier molecular flexibility index (Phi) is 4.75. The molecule has 1 atom stereocenters. The van der Waals surface area contributed by atoms with Crippen LogP contribution in [-0.2, 0) is 4.79 Å². The van der Waals surface area contributed by atoms with Gasteiger partial charge in [-0.2, -0.15) is 0 Å². The summed E-state index contributed by atoms with van der Waals surface area (Å²) in [6.45, 7) is 13.9. The highest BCUT2D eigenvalue weighted by molar-refractivity contribution is 5.79. The molecular formula is C16H31N3O. The second-order valence-corrected chi connectivity index (χ2v) is 7.15. The molecule has 2 aliphatic rings. The number of amides is 1. The maximum Gasteiger partial charge on any atom is 0.225 e. The highest BCUT2D eigenvalue weighted by Crippen LogP contribution is 2.28. The van der Waals surface area contributed by atoms with Crippen LogP contribution in [0.15, 0.2) is 0 Å². The lowest BCUT2D eigenvalue weighted by molar-refractivity contribution is -0.143. The quantitative estimate of drug-likeness (QED) is 0.787. The molecule has 4 nitrogen and oxygen atoms in total. The van der Waals surface area contributed by atoms with E-state index in [-0.39, 0.29) is 11.5 Å². The van der Waals surface area contributed by atoms with Crippen LogP contribution in [0.4, 0.5) is 0 Å². The molecule has 4 heteroatoms. The fourth-order valence-corrected chi connectivity index (χ4v) is 4.08. The summed E-state index contributed by atoms with van der Waals surface area (Å²) in [5, 5.41) is 0. The van der Waals surface area contributed by atoms with Gasteiger partial charge in [0.25, 0.3) is 0 Å². The van der Waals surface area contributed by atoms with Crippen molar-refractivity contribution in [1.29, 1.82) is 0 Å². The van der Waals surface area contributed by atoms with Crippen molar-refractivity contribution in [3.8, 4) is 0 Å². The van der Waals surface area contributed by atoms with Crippen molar-refractivity contribution in [3.63, 3.8) is 0 Å². The lowest BCUT2D eigenvalue weighted by Gasteiger charge is -2.55. The molecule has 0 aromatic rings. The molecule has 0 N–H and O–H groups in total. The molecule has 2 fully saturated rings. The summed E-state index contributed by atoms with van der Waals surface area (Å²) in [6, 6.07) is 0.496. The van der Waals surface area contributed by atoms with E-state index in [2.05, 4.69) is 49.4 Å². The molecule has 2 rings (SSSR count). The SMILES string of the molecule is CCC(CC)C(=O)N1CCN2[C@H](CN(C)CC2(C)C)C1. The van der Waals surface area contributed by atoms with Crippen molar-refractivity contribution in [2.24, 2.45) is 5.92 Å². The van der Waals surface area contributed by atoms with Crippen molar-refractivity contribution in [2.75, 3.05) is 39.8 Å². The Bertz CT molecular complexity index is 352. The van der Waals surface area contributed by atoms with Crippen molar-refractivity contribution in [1.82, 2.24) is 14.7 Å². The molecule has 0 radical (unpaired) electrons. The Labute approximate surface area is 124 Å². The Morgan fingerprint density at radius 3 is 2.45 bits per heavy atom. The maximum atomic E-state index is 12.6. The number of carbonyl (C=O) groups is 1. The van der Waals surface area contributed by atoms with Gasteiger partial charge in [-0.3, -0.25) is 9.69 Å². The minimum absolute atomic E-state index is 0.218. The minimum atomic E-state index is 0.218. The molecule has 0 aromatic carbocycles. The van der Waals surface area contributed by atoms with Crippen LogP contribution in [0.1, 0.15) is 40.5 Å². The Morgan fingerprint density at radius 1 is 1.20 bits per heavy atom. The average molecular weight is 281 g/mol. The van der Waals surface area contributed by atoms with E-state index in [0.29, 0.717) is 11.9 Å². The van der Waals surface area contributed by atoms with E-state index >= 15 is 0 Å². The fraction of sp³-hybridized carbons (Fsp3) is 0.938. The lowest BCUT2D eigenvalue weighted by atomic mass is 9.92. The van der Waals surface area contributed by atoms with Gasteiger partial charge in [-0.1, -0.05) is 13.8 Å². The summed E-state index contributed by atoms with van der Waals surface area (Å²) < 4.78 is 0. The molecule has 116 valence electrons. The molecule has 1 amide bonds.